The van der Waals surface area contributed by atoms with Gasteiger partial charge in [0, 0.05) is 16.4 Å². The number of nitrogens with one attached hydrogen (secondary N) is 1. The fourth-order valence-electron chi connectivity index (χ4n) is 2.55. The van der Waals surface area contributed by atoms with Gasteiger partial charge < -0.3 is 9.72 Å². The van der Waals surface area contributed by atoms with Crippen LogP contribution in [0.3, 0.4) is 0 Å². The molecule has 3 rings (SSSR count). The first kappa shape index (κ1) is 11.2. The van der Waals surface area contributed by atoms with Crippen LogP contribution < -0.4 is 5.32 Å². The Bertz CT molecular complexity index is 541. The predicted molar refractivity (Wildman–Crippen MR) is 72.3 cm³/mol. The Balaban J connectivity index is 1.96. The Kier molecular flexibility index (Phi) is 2.92. The van der Waals surface area contributed by atoms with Gasteiger partial charge >= 0.3 is 0 Å². The lowest BCUT2D eigenvalue weighted by Crippen LogP contribution is -2.11. The van der Waals surface area contributed by atoms with Crippen LogP contribution in [0.25, 0.3) is 5.65 Å². The van der Waals surface area contributed by atoms with E-state index in [2.05, 4.69) is 50.9 Å². The van der Waals surface area contributed by atoms with Crippen LogP contribution in [0.5, 0.6) is 0 Å². The average molecular weight is 294 g/mol. The SMILES string of the molecule is Cc1c(CC2CCNC2)nc2cc(Br)ccn12. The van der Waals surface area contributed by atoms with Crippen molar-refractivity contribution in [3.63, 3.8) is 0 Å². The summed E-state index contributed by atoms with van der Waals surface area (Å²) in [6.45, 7) is 4.45. The molecule has 1 fully saturated rings. The summed E-state index contributed by atoms with van der Waals surface area (Å²) in [6, 6.07) is 4.13. The Morgan fingerprint density at radius 1 is 1.59 bits per heavy atom. The first-order valence-corrected chi connectivity index (χ1v) is 6.87. The summed E-state index contributed by atoms with van der Waals surface area (Å²) >= 11 is 3.49. The van der Waals surface area contributed by atoms with Crippen LogP contribution in [0.15, 0.2) is 22.8 Å². The van der Waals surface area contributed by atoms with E-state index in [1.165, 1.54) is 17.8 Å². The zero-order valence-corrected chi connectivity index (χ0v) is 11.5. The second kappa shape index (κ2) is 4.42. The van der Waals surface area contributed by atoms with Gasteiger partial charge in [-0.2, -0.15) is 0 Å². The van der Waals surface area contributed by atoms with Crippen LogP contribution in [0.1, 0.15) is 17.8 Å². The number of aromatic nitrogens is 2. The maximum atomic E-state index is 4.74. The second-order valence-corrected chi connectivity index (χ2v) is 5.70. The smallest absolute Gasteiger partial charge is 0.138 e. The van der Waals surface area contributed by atoms with Crippen molar-refractivity contribution in [1.82, 2.24) is 14.7 Å². The number of halogens is 1. The lowest BCUT2D eigenvalue weighted by atomic mass is 10.0. The number of hydrogen-bond acceptors (Lipinski definition) is 2. The van der Waals surface area contributed by atoms with E-state index < -0.39 is 0 Å². The Hall–Kier alpha value is -0.870. The molecule has 0 aliphatic carbocycles. The minimum Gasteiger partial charge on any atom is -0.316 e. The van der Waals surface area contributed by atoms with Gasteiger partial charge in [0.25, 0.3) is 0 Å². The van der Waals surface area contributed by atoms with Crippen LogP contribution in [0.2, 0.25) is 0 Å². The van der Waals surface area contributed by atoms with Crippen molar-refractivity contribution in [2.45, 2.75) is 19.8 Å². The molecule has 0 spiro atoms. The normalized spacial score (nSPS) is 20.2. The van der Waals surface area contributed by atoms with Gasteiger partial charge in [-0.25, -0.2) is 4.98 Å². The summed E-state index contributed by atoms with van der Waals surface area (Å²) in [6.07, 6.45) is 4.45. The molecule has 4 heteroatoms. The van der Waals surface area contributed by atoms with Gasteiger partial charge in [-0.15, -0.1) is 0 Å². The summed E-state index contributed by atoms with van der Waals surface area (Å²) in [5.74, 6) is 0.752. The maximum Gasteiger partial charge on any atom is 0.138 e. The number of nitrogens with zero attached hydrogens (tertiary/aromatic N) is 2. The van der Waals surface area contributed by atoms with Crippen LogP contribution in [-0.4, -0.2) is 22.5 Å². The third-order valence-electron chi connectivity index (χ3n) is 3.57. The lowest BCUT2D eigenvalue weighted by molar-refractivity contribution is 0.571. The van der Waals surface area contributed by atoms with Crippen LogP contribution in [-0.2, 0) is 6.42 Å². The quantitative estimate of drug-likeness (QED) is 0.922. The molecule has 90 valence electrons. The number of fused-ring (bicyclic) bond motifs is 1. The first-order chi connectivity index (χ1) is 8.24. The van der Waals surface area contributed by atoms with Crippen LogP contribution >= 0.6 is 15.9 Å². The van der Waals surface area contributed by atoms with Gasteiger partial charge in [-0.05, 0) is 50.9 Å². The Labute approximate surface area is 109 Å². The van der Waals surface area contributed by atoms with Gasteiger partial charge in [0.2, 0.25) is 0 Å². The van der Waals surface area contributed by atoms with Gasteiger partial charge in [0.15, 0.2) is 0 Å². The molecule has 0 radical (unpaired) electrons. The van der Waals surface area contributed by atoms with E-state index in [0.29, 0.717) is 0 Å². The van der Waals surface area contributed by atoms with Gasteiger partial charge in [-0.1, -0.05) is 15.9 Å². The molecule has 0 bridgehead atoms. The second-order valence-electron chi connectivity index (χ2n) is 4.78. The highest BCUT2D eigenvalue weighted by atomic mass is 79.9. The molecular formula is C13H16BrN3. The third kappa shape index (κ3) is 2.11. The van der Waals surface area contributed by atoms with Gasteiger partial charge in [0.1, 0.15) is 5.65 Å². The van der Waals surface area contributed by atoms with Crippen molar-refractivity contribution < 1.29 is 0 Å². The highest BCUT2D eigenvalue weighted by molar-refractivity contribution is 9.10. The Morgan fingerprint density at radius 3 is 3.24 bits per heavy atom. The number of hydrogen-bond donors (Lipinski definition) is 1. The monoisotopic (exact) mass is 293 g/mol. The zero-order chi connectivity index (χ0) is 11.8. The number of pyridine rings is 1. The molecule has 1 unspecified atom stereocenters. The minimum absolute atomic E-state index is 0.752. The fourth-order valence-corrected chi connectivity index (χ4v) is 2.87. The first-order valence-electron chi connectivity index (χ1n) is 6.08. The van der Waals surface area contributed by atoms with Gasteiger partial charge in [-0.3, -0.25) is 0 Å². The van der Waals surface area contributed by atoms with Crippen molar-refractivity contribution in [1.29, 1.82) is 0 Å². The molecule has 1 atom stereocenters. The summed E-state index contributed by atoms with van der Waals surface area (Å²) in [4.78, 5) is 4.74. The van der Waals surface area contributed by atoms with Crippen LogP contribution in [0, 0.1) is 12.8 Å². The lowest BCUT2D eigenvalue weighted by Gasteiger charge is -2.05. The minimum atomic E-state index is 0.752. The molecule has 1 aliphatic rings. The van der Waals surface area contributed by atoms with Gasteiger partial charge in [0.05, 0.1) is 5.69 Å². The van der Waals surface area contributed by atoms with E-state index >= 15 is 0 Å². The van der Waals surface area contributed by atoms with Crippen molar-refractivity contribution >= 4 is 21.6 Å². The topological polar surface area (TPSA) is 29.3 Å². The van der Waals surface area contributed by atoms with Crippen LogP contribution in [0.4, 0.5) is 0 Å². The van der Waals surface area contributed by atoms with Crippen molar-refractivity contribution in [3.8, 4) is 0 Å². The standard InChI is InChI=1S/C13H16BrN3/c1-9-12(6-10-2-4-15-8-10)16-13-7-11(14)3-5-17(9)13/h3,5,7,10,15H,2,4,6,8H2,1H3. The molecule has 3 heterocycles. The third-order valence-corrected chi connectivity index (χ3v) is 4.06. The number of aryl methyl sites for hydroxylation is 1. The molecule has 1 N–H and O–H groups in total. The molecule has 0 amide bonds. The number of rotatable bonds is 2. The van der Waals surface area contributed by atoms with E-state index in [4.69, 9.17) is 4.98 Å². The molecule has 1 saturated heterocycles. The molecule has 3 nitrogen and oxygen atoms in total. The zero-order valence-electron chi connectivity index (χ0n) is 9.91. The average Bonchev–Trinajstić information content (AvgIpc) is 2.89. The van der Waals surface area contributed by atoms with E-state index in [0.717, 1.165) is 35.5 Å². The molecule has 17 heavy (non-hydrogen) atoms. The highest BCUT2D eigenvalue weighted by Gasteiger charge is 2.18. The summed E-state index contributed by atoms with van der Waals surface area (Å²) < 4.78 is 3.26. The molecular weight excluding hydrogens is 278 g/mol. The molecule has 2 aromatic heterocycles. The fraction of sp³-hybridized carbons (Fsp3) is 0.462. The highest BCUT2D eigenvalue weighted by Crippen LogP contribution is 2.21. The van der Waals surface area contributed by atoms with Crippen molar-refractivity contribution in [2.75, 3.05) is 13.1 Å². The predicted octanol–water partition coefficient (Wildman–Crippen LogP) is 2.56. The number of imidazole rings is 1. The van der Waals surface area contributed by atoms with E-state index in [1.54, 1.807) is 0 Å². The summed E-state index contributed by atoms with van der Waals surface area (Å²) in [5.41, 5.74) is 3.56. The Morgan fingerprint density at radius 2 is 2.47 bits per heavy atom. The van der Waals surface area contributed by atoms with E-state index in [9.17, 15) is 0 Å². The van der Waals surface area contributed by atoms with Crippen molar-refractivity contribution in [2.24, 2.45) is 5.92 Å². The molecule has 0 saturated carbocycles. The van der Waals surface area contributed by atoms with Crippen molar-refractivity contribution in [3.05, 3.63) is 34.2 Å². The van der Waals surface area contributed by atoms with E-state index in [-0.39, 0.29) is 0 Å². The summed E-state index contributed by atoms with van der Waals surface area (Å²) in [7, 11) is 0. The molecule has 2 aromatic rings. The molecule has 1 aliphatic heterocycles. The maximum absolute atomic E-state index is 4.74. The van der Waals surface area contributed by atoms with E-state index in [1.807, 2.05) is 0 Å². The molecule has 0 aromatic carbocycles. The summed E-state index contributed by atoms with van der Waals surface area (Å²) in [5, 5.41) is 3.41. The largest absolute Gasteiger partial charge is 0.316 e.